The molecule has 0 aliphatic carbocycles. The van der Waals surface area contributed by atoms with Gasteiger partial charge in [0.2, 0.25) is 0 Å². The maximum absolute atomic E-state index is 13.5. The Balaban J connectivity index is 0.00000264. The topological polar surface area (TPSA) is 21.3 Å². The highest BCUT2D eigenvalue weighted by Crippen LogP contribution is 2.32. The fraction of sp³-hybridized carbons (Fsp3) is 0.294. The van der Waals surface area contributed by atoms with Crippen LogP contribution in [0.15, 0.2) is 36.4 Å². The summed E-state index contributed by atoms with van der Waals surface area (Å²) in [5.41, 5.74) is 1.59. The van der Waals surface area contributed by atoms with Crippen molar-refractivity contribution in [3.8, 4) is 5.75 Å². The highest BCUT2D eigenvalue weighted by Gasteiger charge is 2.10. The van der Waals surface area contributed by atoms with E-state index in [2.05, 4.69) is 5.32 Å². The third-order valence-electron chi connectivity index (χ3n) is 3.22. The Labute approximate surface area is 152 Å². The smallest absolute Gasteiger partial charge is 0.142 e. The van der Waals surface area contributed by atoms with Gasteiger partial charge in [0.1, 0.15) is 11.6 Å². The van der Waals surface area contributed by atoms with Gasteiger partial charge in [-0.25, -0.2) is 4.39 Å². The lowest BCUT2D eigenvalue weighted by atomic mass is 10.1. The molecule has 2 aromatic rings. The SMILES string of the molecule is CCOc1c(Cl)cc(Cl)cc1CNCCc1ccccc1F.Cl. The third-order valence-corrected chi connectivity index (χ3v) is 3.72. The molecule has 0 spiro atoms. The summed E-state index contributed by atoms with van der Waals surface area (Å²) in [6.07, 6.45) is 0.616. The van der Waals surface area contributed by atoms with E-state index in [0.717, 1.165) is 5.56 Å². The first-order chi connectivity index (χ1) is 10.6. The lowest BCUT2D eigenvalue weighted by molar-refractivity contribution is 0.335. The number of hydrogen-bond acceptors (Lipinski definition) is 2. The third kappa shape index (κ3) is 5.85. The minimum absolute atomic E-state index is 0. The molecule has 23 heavy (non-hydrogen) atoms. The van der Waals surface area contributed by atoms with Crippen molar-refractivity contribution in [3.05, 3.63) is 63.4 Å². The van der Waals surface area contributed by atoms with Crippen LogP contribution >= 0.6 is 35.6 Å². The maximum atomic E-state index is 13.5. The van der Waals surface area contributed by atoms with E-state index in [1.165, 1.54) is 6.07 Å². The van der Waals surface area contributed by atoms with Gasteiger partial charge in [-0.05, 0) is 43.7 Å². The Bertz CT molecular complexity index is 637. The van der Waals surface area contributed by atoms with Crippen molar-refractivity contribution in [3.63, 3.8) is 0 Å². The summed E-state index contributed by atoms with van der Waals surface area (Å²) in [5.74, 6) is 0.470. The average Bonchev–Trinajstić information content (AvgIpc) is 2.48. The van der Waals surface area contributed by atoms with Gasteiger partial charge < -0.3 is 10.1 Å². The zero-order valence-corrected chi connectivity index (χ0v) is 15.1. The molecule has 0 saturated carbocycles. The van der Waals surface area contributed by atoms with Gasteiger partial charge in [-0.3, -0.25) is 0 Å². The summed E-state index contributed by atoms with van der Waals surface area (Å²) in [6, 6.07) is 10.3. The Morgan fingerprint density at radius 2 is 1.87 bits per heavy atom. The van der Waals surface area contributed by atoms with E-state index in [9.17, 15) is 4.39 Å². The molecule has 2 rings (SSSR count). The maximum Gasteiger partial charge on any atom is 0.142 e. The zero-order valence-electron chi connectivity index (χ0n) is 12.7. The van der Waals surface area contributed by atoms with E-state index in [4.69, 9.17) is 27.9 Å². The number of rotatable bonds is 7. The summed E-state index contributed by atoms with van der Waals surface area (Å²) in [4.78, 5) is 0. The molecule has 0 heterocycles. The zero-order chi connectivity index (χ0) is 15.9. The number of benzene rings is 2. The number of halogens is 4. The van der Waals surface area contributed by atoms with Crippen LogP contribution in [-0.4, -0.2) is 13.2 Å². The van der Waals surface area contributed by atoms with Gasteiger partial charge in [-0.2, -0.15) is 0 Å². The van der Waals surface area contributed by atoms with Crippen LogP contribution in [0.5, 0.6) is 5.75 Å². The van der Waals surface area contributed by atoms with Gasteiger partial charge in [0.25, 0.3) is 0 Å². The fourth-order valence-corrected chi connectivity index (χ4v) is 2.79. The summed E-state index contributed by atoms with van der Waals surface area (Å²) in [7, 11) is 0. The molecule has 0 saturated heterocycles. The normalized spacial score (nSPS) is 10.3. The van der Waals surface area contributed by atoms with Crippen molar-refractivity contribution in [2.24, 2.45) is 0 Å². The fourth-order valence-electron chi connectivity index (χ4n) is 2.20. The van der Waals surface area contributed by atoms with Crippen molar-refractivity contribution in [1.82, 2.24) is 5.32 Å². The second-order valence-corrected chi connectivity index (χ2v) is 5.67. The monoisotopic (exact) mass is 377 g/mol. The Kier molecular flexibility index (Phi) is 8.71. The summed E-state index contributed by atoms with van der Waals surface area (Å²) >= 11 is 12.2. The van der Waals surface area contributed by atoms with Crippen molar-refractivity contribution < 1.29 is 9.13 Å². The van der Waals surface area contributed by atoms with Gasteiger partial charge in [-0.1, -0.05) is 41.4 Å². The molecule has 0 atom stereocenters. The molecule has 2 aromatic carbocycles. The molecule has 0 radical (unpaired) electrons. The quantitative estimate of drug-likeness (QED) is 0.661. The van der Waals surface area contributed by atoms with Crippen molar-refractivity contribution in [1.29, 1.82) is 0 Å². The molecule has 0 unspecified atom stereocenters. The second-order valence-electron chi connectivity index (χ2n) is 4.83. The minimum atomic E-state index is -0.176. The van der Waals surface area contributed by atoms with Gasteiger partial charge >= 0.3 is 0 Å². The van der Waals surface area contributed by atoms with Crippen LogP contribution in [0, 0.1) is 5.82 Å². The molecule has 0 amide bonds. The molecule has 1 N–H and O–H groups in total. The molecule has 0 bridgehead atoms. The van der Waals surface area contributed by atoms with Crippen LogP contribution in [0.2, 0.25) is 10.0 Å². The number of nitrogens with one attached hydrogen (secondary N) is 1. The first-order valence-corrected chi connectivity index (χ1v) is 7.92. The minimum Gasteiger partial charge on any atom is -0.492 e. The molecule has 0 aliphatic heterocycles. The molecule has 0 aliphatic rings. The number of hydrogen-bond donors (Lipinski definition) is 1. The molecular weight excluding hydrogens is 360 g/mol. The molecule has 126 valence electrons. The summed E-state index contributed by atoms with van der Waals surface area (Å²) in [5, 5.41) is 4.34. The first kappa shape index (κ1) is 20.0. The van der Waals surface area contributed by atoms with Crippen LogP contribution in [-0.2, 0) is 13.0 Å². The van der Waals surface area contributed by atoms with Crippen LogP contribution < -0.4 is 10.1 Å². The molecular formula is C17H19Cl3FNO. The Hall–Kier alpha value is -1.00. The Morgan fingerprint density at radius 1 is 1.13 bits per heavy atom. The predicted octanol–water partition coefficient (Wildman–Crippen LogP) is 5.29. The van der Waals surface area contributed by atoms with E-state index in [-0.39, 0.29) is 18.2 Å². The van der Waals surface area contributed by atoms with Gasteiger partial charge in [0.15, 0.2) is 0 Å². The summed E-state index contributed by atoms with van der Waals surface area (Å²) < 4.78 is 19.1. The highest BCUT2D eigenvalue weighted by atomic mass is 35.5. The van der Waals surface area contributed by atoms with Crippen LogP contribution in [0.1, 0.15) is 18.1 Å². The molecule has 6 heteroatoms. The van der Waals surface area contributed by atoms with Gasteiger partial charge in [0.05, 0.1) is 11.6 Å². The Morgan fingerprint density at radius 3 is 2.57 bits per heavy atom. The van der Waals surface area contributed by atoms with Crippen molar-refractivity contribution in [2.45, 2.75) is 19.9 Å². The standard InChI is InChI=1S/C17H18Cl2FNO.ClH/c1-2-22-17-13(9-14(18)10-15(17)19)11-21-8-7-12-5-3-4-6-16(12)20;/h3-6,9-10,21H,2,7-8,11H2,1H3;1H. The van der Waals surface area contributed by atoms with Crippen LogP contribution in [0.4, 0.5) is 4.39 Å². The lowest BCUT2D eigenvalue weighted by Crippen LogP contribution is -2.18. The lowest BCUT2D eigenvalue weighted by Gasteiger charge is -2.13. The molecule has 2 nitrogen and oxygen atoms in total. The largest absolute Gasteiger partial charge is 0.492 e. The number of ether oxygens (including phenoxy) is 1. The molecule has 0 fully saturated rings. The first-order valence-electron chi connectivity index (χ1n) is 7.16. The highest BCUT2D eigenvalue weighted by molar-refractivity contribution is 6.35. The van der Waals surface area contributed by atoms with E-state index < -0.39 is 0 Å². The van der Waals surface area contributed by atoms with Crippen LogP contribution in [0.25, 0.3) is 0 Å². The predicted molar refractivity (Wildman–Crippen MR) is 96.7 cm³/mol. The van der Waals surface area contributed by atoms with Crippen molar-refractivity contribution in [2.75, 3.05) is 13.2 Å². The van der Waals surface area contributed by atoms with E-state index in [1.54, 1.807) is 18.2 Å². The van der Waals surface area contributed by atoms with E-state index >= 15 is 0 Å². The molecule has 0 aromatic heterocycles. The van der Waals surface area contributed by atoms with Gasteiger partial charge in [-0.15, -0.1) is 12.4 Å². The van der Waals surface area contributed by atoms with Gasteiger partial charge in [0, 0.05) is 17.1 Å². The average molecular weight is 379 g/mol. The second kappa shape index (κ2) is 9.99. The van der Waals surface area contributed by atoms with E-state index in [1.807, 2.05) is 19.1 Å². The van der Waals surface area contributed by atoms with E-state index in [0.29, 0.717) is 47.5 Å². The van der Waals surface area contributed by atoms with Crippen molar-refractivity contribution >= 4 is 35.6 Å². The van der Waals surface area contributed by atoms with Crippen LogP contribution in [0.3, 0.4) is 0 Å². The summed E-state index contributed by atoms with van der Waals surface area (Å²) in [6.45, 7) is 3.64.